The van der Waals surface area contributed by atoms with Gasteiger partial charge in [0.2, 0.25) is 0 Å². The van der Waals surface area contributed by atoms with E-state index >= 15 is 0 Å². The number of ether oxygens (including phenoxy) is 1. The molecule has 2 aromatic rings. The van der Waals surface area contributed by atoms with Gasteiger partial charge in [0, 0.05) is 5.02 Å². The summed E-state index contributed by atoms with van der Waals surface area (Å²) in [5, 5.41) is 4.88. The SMILES string of the molecule is CCCCCOc1ccc(C=NNc2cccc(Cl)c2)cc1. The normalized spacial score (nSPS) is 10.8. The fourth-order valence-electron chi connectivity index (χ4n) is 1.93. The molecule has 0 heterocycles. The van der Waals surface area contributed by atoms with Crippen molar-refractivity contribution >= 4 is 23.5 Å². The third kappa shape index (κ3) is 5.78. The Morgan fingerprint density at radius 2 is 1.95 bits per heavy atom. The average molecular weight is 317 g/mol. The molecule has 0 atom stereocenters. The summed E-state index contributed by atoms with van der Waals surface area (Å²) in [5.74, 6) is 0.899. The molecule has 0 amide bonds. The van der Waals surface area contributed by atoms with E-state index in [-0.39, 0.29) is 0 Å². The maximum Gasteiger partial charge on any atom is 0.119 e. The molecule has 1 N–H and O–H groups in total. The van der Waals surface area contributed by atoms with Gasteiger partial charge in [-0.15, -0.1) is 0 Å². The fourth-order valence-corrected chi connectivity index (χ4v) is 2.12. The molecule has 0 spiro atoms. The first kappa shape index (κ1) is 16.4. The average Bonchev–Trinajstić information content (AvgIpc) is 2.53. The van der Waals surface area contributed by atoms with Gasteiger partial charge in [-0.05, 0) is 54.4 Å². The van der Waals surface area contributed by atoms with Crippen LogP contribution in [0.2, 0.25) is 5.02 Å². The summed E-state index contributed by atoms with van der Waals surface area (Å²) in [5.41, 5.74) is 4.82. The van der Waals surface area contributed by atoms with Crippen molar-refractivity contribution in [3.63, 3.8) is 0 Å². The molecule has 0 bridgehead atoms. The number of hydrogen-bond acceptors (Lipinski definition) is 3. The zero-order valence-electron chi connectivity index (χ0n) is 12.8. The van der Waals surface area contributed by atoms with Gasteiger partial charge in [0.05, 0.1) is 18.5 Å². The summed E-state index contributed by atoms with van der Waals surface area (Å²) in [4.78, 5) is 0. The molecule has 0 saturated heterocycles. The quantitative estimate of drug-likeness (QED) is 0.404. The second kappa shape index (κ2) is 9.11. The molecule has 3 nitrogen and oxygen atoms in total. The monoisotopic (exact) mass is 316 g/mol. The zero-order valence-corrected chi connectivity index (χ0v) is 13.5. The molecule has 0 radical (unpaired) electrons. The van der Waals surface area contributed by atoms with E-state index < -0.39 is 0 Å². The summed E-state index contributed by atoms with van der Waals surface area (Å²) < 4.78 is 5.68. The van der Waals surface area contributed by atoms with Crippen molar-refractivity contribution in [2.24, 2.45) is 5.10 Å². The second-order valence-electron chi connectivity index (χ2n) is 5.00. The maximum absolute atomic E-state index is 5.91. The lowest BCUT2D eigenvalue weighted by Gasteiger charge is -2.05. The lowest BCUT2D eigenvalue weighted by molar-refractivity contribution is 0.306. The van der Waals surface area contributed by atoms with Crippen LogP contribution in [-0.2, 0) is 0 Å². The van der Waals surface area contributed by atoms with Crippen LogP contribution in [0, 0.1) is 0 Å². The Bertz CT molecular complexity index is 596. The topological polar surface area (TPSA) is 33.6 Å². The number of nitrogens with zero attached hydrogens (tertiary/aromatic N) is 1. The highest BCUT2D eigenvalue weighted by Gasteiger charge is 1.95. The predicted octanol–water partition coefficient (Wildman–Crippen LogP) is 5.36. The first-order valence-electron chi connectivity index (χ1n) is 7.55. The van der Waals surface area contributed by atoms with Gasteiger partial charge >= 0.3 is 0 Å². The van der Waals surface area contributed by atoms with E-state index in [9.17, 15) is 0 Å². The van der Waals surface area contributed by atoms with Crippen LogP contribution in [0.1, 0.15) is 31.7 Å². The van der Waals surface area contributed by atoms with E-state index in [1.807, 2.05) is 48.5 Å². The molecule has 0 aliphatic heterocycles. The van der Waals surface area contributed by atoms with Gasteiger partial charge < -0.3 is 4.74 Å². The molecule has 116 valence electrons. The largest absolute Gasteiger partial charge is 0.494 e. The van der Waals surface area contributed by atoms with Crippen molar-refractivity contribution in [3.8, 4) is 5.75 Å². The van der Waals surface area contributed by atoms with E-state index in [4.69, 9.17) is 16.3 Å². The first-order chi connectivity index (χ1) is 10.8. The highest BCUT2D eigenvalue weighted by atomic mass is 35.5. The lowest BCUT2D eigenvalue weighted by atomic mass is 10.2. The summed E-state index contributed by atoms with van der Waals surface area (Å²) in [6.07, 6.45) is 5.28. The van der Waals surface area contributed by atoms with Crippen molar-refractivity contribution in [2.75, 3.05) is 12.0 Å². The molecule has 0 aliphatic carbocycles. The number of hydrazone groups is 1. The van der Waals surface area contributed by atoms with Gasteiger partial charge in [-0.3, -0.25) is 5.43 Å². The van der Waals surface area contributed by atoms with E-state index in [0.717, 1.165) is 30.0 Å². The van der Waals surface area contributed by atoms with Gasteiger partial charge in [-0.25, -0.2) is 0 Å². The van der Waals surface area contributed by atoms with Crippen LogP contribution in [0.3, 0.4) is 0 Å². The number of rotatable bonds is 8. The van der Waals surface area contributed by atoms with Gasteiger partial charge in [-0.1, -0.05) is 37.4 Å². The van der Waals surface area contributed by atoms with Gasteiger partial charge in [0.25, 0.3) is 0 Å². The summed E-state index contributed by atoms with van der Waals surface area (Å²) in [6, 6.07) is 15.3. The number of nitrogens with one attached hydrogen (secondary N) is 1. The third-order valence-electron chi connectivity index (χ3n) is 3.13. The Hall–Kier alpha value is -2.00. The predicted molar refractivity (Wildman–Crippen MR) is 94.1 cm³/mol. The minimum Gasteiger partial charge on any atom is -0.494 e. The summed E-state index contributed by atoms with van der Waals surface area (Å²) >= 11 is 5.91. The number of hydrogen-bond donors (Lipinski definition) is 1. The minimum absolute atomic E-state index is 0.685. The molecule has 0 aromatic heterocycles. The Morgan fingerprint density at radius 1 is 1.14 bits per heavy atom. The number of halogens is 1. The van der Waals surface area contributed by atoms with Crippen LogP contribution >= 0.6 is 11.6 Å². The van der Waals surface area contributed by atoms with Gasteiger partial charge in [-0.2, -0.15) is 5.10 Å². The molecule has 0 fully saturated rings. The first-order valence-corrected chi connectivity index (χ1v) is 7.93. The second-order valence-corrected chi connectivity index (χ2v) is 5.44. The van der Waals surface area contributed by atoms with Crippen molar-refractivity contribution < 1.29 is 4.74 Å². The zero-order chi connectivity index (χ0) is 15.6. The van der Waals surface area contributed by atoms with Crippen LogP contribution in [0.25, 0.3) is 0 Å². The fraction of sp³-hybridized carbons (Fsp3) is 0.278. The molecule has 2 aromatic carbocycles. The smallest absolute Gasteiger partial charge is 0.119 e. The Kier molecular flexibility index (Phi) is 6.78. The summed E-state index contributed by atoms with van der Waals surface area (Å²) in [7, 11) is 0. The highest BCUT2D eigenvalue weighted by Crippen LogP contribution is 2.15. The van der Waals surface area contributed by atoms with E-state index in [2.05, 4.69) is 17.5 Å². The van der Waals surface area contributed by atoms with Gasteiger partial charge in [0.1, 0.15) is 5.75 Å². The molecule has 2 rings (SSSR count). The van der Waals surface area contributed by atoms with Crippen molar-refractivity contribution in [1.29, 1.82) is 0 Å². The lowest BCUT2D eigenvalue weighted by Crippen LogP contribution is -1.97. The number of unbranched alkanes of at least 4 members (excludes halogenated alkanes) is 2. The van der Waals surface area contributed by atoms with Crippen molar-refractivity contribution in [3.05, 3.63) is 59.1 Å². The van der Waals surface area contributed by atoms with Crippen LogP contribution < -0.4 is 10.2 Å². The van der Waals surface area contributed by atoms with Crippen molar-refractivity contribution in [2.45, 2.75) is 26.2 Å². The molecule has 0 saturated carbocycles. The molecule has 0 aliphatic rings. The molecule has 22 heavy (non-hydrogen) atoms. The Labute approximate surface area is 137 Å². The molecule has 4 heteroatoms. The van der Waals surface area contributed by atoms with Crippen molar-refractivity contribution in [1.82, 2.24) is 0 Å². The standard InChI is InChI=1S/C18H21ClN2O/c1-2-3-4-12-22-18-10-8-15(9-11-18)14-20-21-17-7-5-6-16(19)13-17/h5-11,13-14,21H,2-4,12H2,1H3. The number of benzene rings is 2. The van der Waals surface area contributed by atoms with Crippen LogP contribution in [0.5, 0.6) is 5.75 Å². The Balaban J connectivity index is 1.81. The maximum atomic E-state index is 5.91. The molecule has 0 unspecified atom stereocenters. The van der Waals surface area contributed by atoms with E-state index in [1.54, 1.807) is 6.21 Å². The molecular formula is C18H21ClN2O. The highest BCUT2D eigenvalue weighted by molar-refractivity contribution is 6.30. The Morgan fingerprint density at radius 3 is 2.68 bits per heavy atom. The molecular weight excluding hydrogens is 296 g/mol. The van der Waals surface area contributed by atoms with Gasteiger partial charge in [0.15, 0.2) is 0 Å². The van der Waals surface area contributed by atoms with E-state index in [0.29, 0.717) is 5.02 Å². The minimum atomic E-state index is 0.685. The number of anilines is 1. The van der Waals surface area contributed by atoms with Crippen LogP contribution in [0.4, 0.5) is 5.69 Å². The van der Waals surface area contributed by atoms with Crippen LogP contribution in [-0.4, -0.2) is 12.8 Å². The van der Waals surface area contributed by atoms with E-state index in [1.165, 1.54) is 12.8 Å². The third-order valence-corrected chi connectivity index (χ3v) is 3.36. The summed E-state index contributed by atoms with van der Waals surface area (Å²) in [6.45, 7) is 2.96. The van der Waals surface area contributed by atoms with Crippen LogP contribution in [0.15, 0.2) is 53.6 Å².